The molecular formula is C80H95ClFN14O17S2+. The highest BCUT2D eigenvalue weighted by Gasteiger charge is 2.37. The van der Waals surface area contributed by atoms with Crippen molar-refractivity contribution in [1.29, 1.82) is 0 Å². The third-order valence-electron chi connectivity index (χ3n) is 19.9. The van der Waals surface area contributed by atoms with Crippen LogP contribution in [-0.4, -0.2) is 221 Å². The van der Waals surface area contributed by atoms with E-state index in [9.17, 15) is 60.8 Å². The van der Waals surface area contributed by atoms with E-state index < -0.39 is 93.4 Å². The number of imide groups is 1. The minimum atomic E-state index is -4.64. The molecule has 0 aliphatic carbocycles. The van der Waals surface area contributed by atoms with Crippen LogP contribution in [0.4, 0.5) is 14.9 Å². The number of nitrogens with zero attached hydrogens (tertiary/aromatic N) is 8. The van der Waals surface area contributed by atoms with Crippen molar-refractivity contribution in [3.05, 3.63) is 161 Å². The van der Waals surface area contributed by atoms with E-state index in [1.165, 1.54) is 41.7 Å². The van der Waals surface area contributed by atoms with Crippen molar-refractivity contribution in [2.24, 2.45) is 23.3 Å². The maximum absolute atomic E-state index is 14.6. The number of aliphatic carboxylic acids is 1. The zero-order chi connectivity index (χ0) is 82.8. The fourth-order valence-corrected chi connectivity index (χ4v) is 15.5. The Labute approximate surface area is 673 Å². The van der Waals surface area contributed by atoms with Gasteiger partial charge in [-0.25, -0.2) is 33.9 Å². The van der Waals surface area contributed by atoms with E-state index in [1.54, 1.807) is 101 Å². The molecule has 8 aromatic rings. The number of para-hydroxylation sites is 2. The van der Waals surface area contributed by atoms with Crippen LogP contribution in [0.2, 0.25) is 5.02 Å². The highest BCUT2D eigenvalue weighted by molar-refractivity contribution is 7.85. The van der Waals surface area contributed by atoms with Gasteiger partial charge in [0, 0.05) is 92.8 Å². The molecule has 2 aliphatic heterocycles. The SMILES string of the molecule is COc1ccccc1-c1nccc(COc2ccccc2C[C@@H](Oc2ncnc3sc(-c4ccc(F)cc4)c(-c4ccc(OCCN5CC[N+](C)(Cc6ccc(NC(=O)[C@H](CCCNC(N)=O)NC(=O)[C@@H](NC(=O)CCOCCN7C(=O)CC(C)C7=O)C(C)C)cc6CN(C)C(=O)[C@@H](N)CS(=O)(=O)O)CC5)c(Cl)c4C)c23)C(=O)O)n1. The first-order chi connectivity index (χ1) is 54.9. The maximum atomic E-state index is 14.6. The summed E-state index contributed by atoms with van der Waals surface area (Å²) in [6, 6.07) is 26.1. The van der Waals surface area contributed by atoms with E-state index in [4.69, 9.17) is 51.7 Å². The number of hydrogen-bond donors (Lipinski definition) is 8. The van der Waals surface area contributed by atoms with Crippen molar-refractivity contribution >= 4 is 96.4 Å². The number of halogens is 2. The van der Waals surface area contributed by atoms with Crippen LogP contribution in [0, 0.1) is 24.6 Å². The summed E-state index contributed by atoms with van der Waals surface area (Å²) in [7, 11) is 0.438. The second-order valence-electron chi connectivity index (χ2n) is 28.9. The van der Waals surface area contributed by atoms with Crippen LogP contribution in [0.25, 0.3) is 43.2 Å². The Morgan fingerprint density at radius 3 is 2.28 bits per heavy atom. The molecule has 2 aliphatic rings. The molecule has 5 heterocycles. The van der Waals surface area contributed by atoms with Crippen LogP contribution in [0.1, 0.15) is 74.4 Å². The van der Waals surface area contributed by atoms with Crippen LogP contribution < -0.4 is 51.7 Å². The Hall–Kier alpha value is -10.8. The number of nitrogens with one attached hydrogen (secondary N) is 4. The smallest absolute Gasteiger partial charge is 0.345 e. The van der Waals surface area contributed by atoms with Crippen LogP contribution in [0.15, 0.2) is 122 Å². The molecule has 10 rings (SSSR count). The molecule has 8 amide bonds. The number of benzene rings is 5. The van der Waals surface area contributed by atoms with Crippen LogP contribution >= 0.6 is 22.9 Å². The normalized spacial score (nSPS) is 15.3. The van der Waals surface area contributed by atoms with E-state index >= 15 is 0 Å². The van der Waals surface area contributed by atoms with E-state index in [0.29, 0.717) is 132 Å². The number of aromatic nitrogens is 4. The summed E-state index contributed by atoms with van der Waals surface area (Å²) in [4.78, 5) is 129. The Morgan fingerprint density at radius 2 is 1.58 bits per heavy atom. The fraction of sp³-hybridized carbons (Fsp3) is 0.400. The molecule has 5 aromatic carbocycles. The van der Waals surface area contributed by atoms with Gasteiger partial charge >= 0.3 is 12.0 Å². The molecule has 35 heteroatoms. The number of nitrogens with two attached hydrogens (primary N) is 2. The summed E-state index contributed by atoms with van der Waals surface area (Å²) in [5.74, 6) is -5.04. The monoisotopic (exact) mass is 1640 g/mol. The summed E-state index contributed by atoms with van der Waals surface area (Å²) in [5.41, 5.74) is 17.2. The number of fused-ring (bicyclic) bond motifs is 1. The molecule has 612 valence electrons. The number of carbonyl (C=O) groups excluding carboxylic acids is 7. The number of piperazine rings is 1. The lowest BCUT2D eigenvalue weighted by Gasteiger charge is -2.42. The first-order valence-corrected chi connectivity index (χ1v) is 40.2. The van der Waals surface area contributed by atoms with Gasteiger partial charge in [-0.15, -0.1) is 11.3 Å². The molecule has 115 heavy (non-hydrogen) atoms. The predicted octanol–water partition coefficient (Wildman–Crippen LogP) is 7.57. The Bertz CT molecular complexity index is 4980. The molecule has 0 spiro atoms. The van der Waals surface area contributed by atoms with Gasteiger partial charge in [0.15, 0.2) is 5.82 Å². The number of quaternary nitrogens is 1. The predicted molar refractivity (Wildman–Crippen MR) is 427 cm³/mol. The standard InChI is InChI=1S/C80H94ClFN14O17S2/c1-47(2)70(92-65(97)27-36-110-37-33-95-66(98)39-48(3)77(95)101)74(100)91-60(15-12-28-86-80(84)105)73(99)90-55-23-20-52(53(40-55)42-93(5)78(102)59(83)45-115(106,107)108)43-96(6)34-30-94(31-35-96)32-38-111-63-25-24-57(49(4)69(63)81)67-68-75(87-46-88-76(68)114-71(67)50-18-21-54(82)22-19-50)113-64(79(103)104)41-51-13-8-10-16-61(51)112-44-56-26-29-85-72(89-56)58-14-9-11-17-62(58)109-7/h8-11,13-14,16-26,29,40,46-48,59-60,64,70H,12,15,27-28,30-39,41-45,83H2,1-7H3,(H7-,84,86,90,91,92,97,99,100,103,104,105,106,107,108)/p+1/t48?,59-,60-,64+,70-/m0/s1. The zero-order valence-electron chi connectivity index (χ0n) is 64.8. The molecular weight excluding hydrogens is 1550 g/mol. The van der Waals surface area contributed by atoms with E-state index in [1.807, 2.05) is 37.3 Å². The number of primary amides is 1. The number of anilines is 1. The Morgan fingerprint density at radius 1 is 0.852 bits per heavy atom. The van der Waals surface area contributed by atoms with Gasteiger partial charge in [0.2, 0.25) is 47.4 Å². The average Bonchev–Trinajstić information content (AvgIpc) is 1.60. The number of carbonyl (C=O) groups is 8. The molecule has 1 unspecified atom stereocenters. The number of ether oxygens (including phenoxy) is 5. The van der Waals surface area contributed by atoms with Gasteiger partial charge in [0.1, 0.15) is 72.1 Å². The Kier molecular flexibility index (Phi) is 29.7. The number of likely N-dealkylation sites (N-methyl/N-ethyl adjacent to an activating group) is 2. The van der Waals surface area contributed by atoms with E-state index in [2.05, 4.69) is 48.2 Å². The maximum Gasteiger partial charge on any atom is 0.345 e. The largest absolute Gasteiger partial charge is 0.496 e. The number of thiophene rings is 1. The highest BCUT2D eigenvalue weighted by atomic mass is 35.5. The third-order valence-corrected chi connectivity index (χ3v) is 22.3. The lowest BCUT2D eigenvalue weighted by molar-refractivity contribution is -0.926. The molecule has 31 nitrogen and oxygen atoms in total. The number of amides is 8. The lowest BCUT2D eigenvalue weighted by Crippen LogP contribution is -2.57. The quantitative estimate of drug-likeness (QED) is 0.00796. The minimum absolute atomic E-state index is 0.00286. The Balaban J connectivity index is 0.805. The fourth-order valence-electron chi connectivity index (χ4n) is 13.6. The number of rotatable bonds is 39. The van der Waals surface area contributed by atoms with Crippen LogP contribution in [0.3, 0.4) is 0 Å². The first kappa shape index (κ1) is 86.6. The van der Waals surface area contributed by atoms with Gasteiger partial charge in [-0.1, -0.05) is 87.0 Å². The molecule has 2 fully saturated rings. The lowest BCUT2D eigenvalue weighted by atomic mass is 9.96. The zero-order valence-corrected chi connectivity index (χ0v) is 67.2. The molecule has 3 aromatic heterocycles. The van der Waals surface area contributed by atoms with Gasteiger partial charge in [0.25, 0.3) is 10.1 Å². The number of methoxy groups -OCH3 is 1. The molecule has 5 atom stereocenters. The molecule has 0 bridgehead atoms. The summed E-state index contributed by atoms with van der Waals surface area (Å²) in [5, 5.41) is 22.4. The third kappa shape index (κ3) is 23.2. The van der Waals surface area contributed by atoms with E-state index in [-0.39, 0.29) is 102 Å². The molecule has 10 N–H and O–H groups in total. The van der Waals surface area contributed by atoms with Gasteiger partial charge in [0.05, 0.1) is 74.4 Å². The highest BCUT2D eigenvalue weighted by Crippen LogP contribution is 2.50. The average molecular weight is 1640 g/mol. The summed E-state index contributed by atoms with van der Waals surface area (Å²) < 4.78 is 78.7. The van der Waals surface area contributed by atoms with Crippen molar-refractivity contribution in [1.82, 2.24) is 50.6 Å². The van der Waals surface area contributed by atoms with E-state index in [0.717, 1.165) is 10.5 Å². The van der Waals surface area contributed by atoms with Crippen LogP contribution in [0.5, 0.6) is 23.1 Å². The van der Waals surface area contributed by atoms with Gasteiger partial charge in [-0.2, -0.15) is 8.42 Å². The van der Waals surface area contributed by atoms with Crippen LogP contribution in [-0.2, 0) is 74.5 Å². The number of likely N-dealkylation sites (tertiary alicyclic amines) is 1. The molecule has 0 saturated carbocycles. The first-order valence-electron chi connectivity index (χ1n) is 37.4. The number of urea groups is 1. The number of carboxylic acids is 1. The second-order valence-corrected chi connectivity index (χ2v) is 31.8. The van der Waals surface area contributed by atoms with Gasteiger partial charge in [-0.05, 0) is 108 Å². The van der Waals surface area contributed by atoms with Crippen molar-refractivity contribution in [2.75, 3.05) is 97.9 Å². The minimum Gasteiger partial charge on any atom is -0.496 e. The molecule has 0 radical (unpaired) electrons. The van der Waals surface area contributed by atoms with Gasteiger partial charge in [-0.3, -0.25) is 43.1 Å². The summed E-state index contributed by atoms with van der Waals surface area (Å²) >= 11 is 8.58. The molecule has 2 saturated heterocycles. The number of carboxylic acid groups (broad SMARTS) is 1. The summed E-state index contributed by atoms with van der Waals surface area (Å²) in [6.07, 6.45) is 1.44. The van der Waals surface area contributed by atoms with Gasteiger partial charge < -0.3 is 70.9 Å². The second kappa shape index (κ2) is 39.5. The van der Waals surface area contributed by atoms with Crippen molar-refractivity contribution in [3.63, 3.8) is 0 Å². The van der Waals surface area contributed by atoms with Crippen molar-refractivity contribution in [3.8, 4) is 56.1 Å². The topological polar surface area (TPSA) is 419 Å². The van der Waals surface area contributed by atoms with Crippen molar-refractivity contribution in [2.45, 2.75) is 104 Å². The van der Waals surface area contributed by atoms with Crippen molar-refractivity contribution < 1.29 is 89.0 Å². The number of hydrogen-bond acceptors (Lipinski definition) is 22. The summed E-state index contributed by atoms with van der Waals surface area (Å²) in [6.45, 7) is 10.6.